The van der Waals surface area contributed by atoms with Gasteiger partial charge >= 0.3 is 0 Å². The molecule has 0 aromatic heterocycles. The summed E-state index contributed by atoms with van der Waals surface area (Å²) >= 11 is 2.83. The largest absolute Gasteiger partial charge is 0.246 e. The molecule has 1 nitrogen and oxygen atoms in total. The van der Waals surface area contributed by atoms with Crippen molar-refractivity contribution in [1.29, 1.82) is 0 Å². The zero-order valence-electron chi connectivity index (χ0n) is 6.95. The lowest BCUT2D eigenvalue weighted by Crippen LogP contribution is -1.91. The van der Waals surface area contributed by atoms with Crippen LogP contribution in [-0.2, 0) is 3.63 Å². The molecule has 0 aromatic rings. The Morgan fingerprint density at radius 2 is 1.45 bits per heavy atom. The maximum Gasteiger partial charge on any atom is 0.0472 e. The zero-order valence-corrected chi connectivity index (χ0v) is 8.58. The highest BCUT2D eigenvalue weighted by atomic mass is 32.2. The summed E-state index contributed by atoms with van der Waals surface area (Å²) in [5.41, 5.74) is 0. The second-order valence-electron chi connectivity index (χ2n) is 2.14. The lowest BCUT2D eigenvalue weighted by molar-refractivity contribution is 0.745. The summed E-state index contributed by atoms with van der Waals surface area (Å²) in [5, 5.41) is 0.694. The van der Waals surface area contributed by atoms with E-state index in [2.05, 4.69) is 13.2 Å². The third-order valence-corrected chi connectivity index (χ3v) is 2.67. The fraction of sp³-hybridized carbons (Fsp3) is 0.500. The van der Waals surface area contributed by atoms with Crippen LogP contribution in [0.4, 0.5) is 0 Å². The Labute approximate surface area is 77.7 Å². The van der Waals surface area contributed by atoms with Gasteiger partial charge < -0.3 is 0 Å². The first kappa shape index (κ1) is 11.1. The molecular weight excluding hydrogens is 176 g/mol. The summed E-state index contributed by atoms with van der Waals surface area (Å²) < 4.78 is 5.23. The summed E-state index contributed by atoms with van der Waals surface area (Å²) in [6, 6.07) is 0. The molecule has 0 aromatic carbocycles. The maximum absolute atomic E-state index is 5.23. The van der Waals surface area contributed by atoms with Crippen molar-refractivity contribution in [2.24, 2.45) is 0 Å². The molecule has 64 valence electrons. The lowest BCUT2D eigenvalue weighted by atomic mass is 10.5. The van der Waals surface area contributed by atoms with Crippen LogP contribution in [0.25, 0.3) is 0 Å². The molecule has 3 heteroatoms. The predicted molar refractivity (Wildman–Crippen MR) is 55.6 cm³/mol. The Bertz CT molecular complexity index is 111. The van der Waals surface area contributed by atoms with Gasteiger partial charge in [0.1, 0.15) is 0 Å². The van der Waals surface area contributed by atoms with Gasteiger partial charge in [0.2, 0.25) is 0 Å². The molecule has 0 aliphatic rings. The first-order valence-corrected chi connectivity index (χ1v) is 5.05. The molecule has 0 fully saturated rings. The van der Waals surface area contributed by atoms with Crippen LogP contribution in [0.2, 0.25) is 0 Å². The number of hydrogen-bond acceptors (Lipinski definition) is 3. The SMILES string of the molecule is C=CC(C)SOSC(C)C=C. The van der Waals surface area contributed by atoms with E-state index in [-0.39, 0.29) is 0 Å². The molecule has 0 heterocycles. The van der Waals surface area contributed by atoms with Crippen molar-refractivity contribution >= 4 is 24.1 Å². The lowest BCUT2D eigenvalue weighted by Gasteiger charge is -2.06. The van der Waals surface area contributed by atoms with E-state index in [0.29, 0.717) is 10.5 Å². The van der Waals surface area contributed by atoms with E-state index in [0.717, 1.165) is 0 Å². The second kappa shape index (κ2) is 6.83. The van der Waals surface area contributed by atoms with Gasteiger partial charge in [-0.3, -0.25) is 0 Å². The molecule has 0 spiro atoms. The van der Waals surface area contributed by atoms with Crippen LogP contribution in [0, 0.1) is 0 Å². The third-order valence-electron chi connectivity index (χ3n) is 1.05. The van der Waals surface area contributed by atoms with Crippen molar-refractivity contribution in [2.45, 2.75) is 24.3 Å². The monoisotopic (exact) mass is 190 g/mol. The number of rotatable bonds is 6. The molecule has 11 heavy (non-hydrogen) atoms. The van der Waals surface area contributed by atoms with E-state index in [9.17, 15) is 0 Å². The average Bonchev–Trinajstić information content (AvgIpc) is 2.04. The summed E-state index contributed by atoms with van der Waals surface area (Å²) in [5.74, 6) is 0. The summed E-state index contributed by atoms with van der Waals surface area (Å²) in [7, 11) is 0. The Morgan fingerprint density at radius 3 is 1.73 bits per heavy atom. The predicted octanol–water partition coefficient (Wildman–Crippen LogP) is 3.45. The van der Waals surface area contributed by atoms with Crippen molar-refractivity contribution in [3.8, 4) is 0 Å². The molecular formula is C8H14OS2. The van der Waals surface area contributed by atoms with E-state index >= 15 is 0 Å². The minimum Gasteiger partial charge on any atom is -0.246 e. The van der Waals surface area contributed by atoms with Crippen LogP contribution in [0.3, 0.4) is 0 Å². The highest BCUT2D eigenvalue weighted by Gasteiger charge is 2.00. The molecule has 0 N–H and O–H groups in total. The van der Waals surface area contributed by atoms with Crippen LogP contribution >= 0.6 is 24.1 Å². The molecule has 0 amide bonds. The third kappa shape index (κ3) is 6.53. The van der Waals surface area contributed by atoms with Gasteiger partial charge in [0.15, 0.2) is 0 Å². The normalized spacial score (nSPS) is 15.5. The average molecular weight is 190 g/mol. The molecule has 0 aliphatic heterocycles. The van der Waals surface area contributed by atoms with Gasteiger partial charge in [-0.25, -0.2) is 3.63 Å². The van der Waals surface area contributed by atoms with Crippen LogP contribution in [0.5, 0.6) is 0 Å². The van der Waals surface area contributed by atoms with Crippen LogP contribution in [0.15, 0.2) is 25.3 Å². The van der Waals surface area contributed by atoms with Crippen molar-refractivity contribution in [1.82, 2.24) is 0 Å². The Hall–Kier alpha value is 0.140. The van der Waals surface area contributed by atoms with E-state index in [1.54, 1.807) is 0 Å². The van der Waals surface area contributed by atoms with Crippen molar-refractivity contribution in [3.63, 3.8) is 0 Å². The van der Waals surface area contributed by atoms with Gasteiger partial charge in [-0.2, -0.15) is 0 Å². The van der Waals surface area contributed by atoms with Crippen LogP contribution in [0.1, 0.15) is 13.8 Å². The van der Waals surface area contributed by atoms with Gasteiger partial charge in [0.25, 0.3) is 0 Å². The zero-order chi connectivity index (χ0) is 8.69. The molecule has 2 atom stereocenters. The van der Waals surface area contributed by atoms with E-state index in [1.165, 1.54) is 24.1 Å². The minimum absolute atomic E-state index is 0.347. The molecule has 0 rings (SSSR count). The van der Waals surface area contributed by atoms with Crippen molar-refractivity contribution < 1.29 is 3.63 Å². The van der Waals surface area contributed by atoms with Gasteiger partial charge in [0, 0.05) is 34.6 Å². The van der Waals surface area contributed by atoms with Crippen molar-refractivity contribution in [2.75, 3.05) is 0 Å². The number of hydrogen-bond donors (Lipinski definition) is 0. The molecule has 2 unspecified atom stereocenters. The fourth-order valence-corrected chi connectivity index (χ4v) is 1.56. The molecule has 0 bridgehead atoms. The highest BCUT2D eigenvalue weighted by Crippen LogP contribution is 2.23. The van der Waals surface area contributed by atoms with Crippen LogP contribution < -0.4 is 0 Å². The quantitative estimate of drug-likeness (QED) is 0.469. The molecule has 0 saturated carbocycles. The second-order valence-corrected chi connectivity index (χ2v) is 4.56. The first-order chi connectivity index (χ1) is 5.20. The smallest absolute Gasteiger partial charge is 0.0472 e. The summed E-state index contributed by atoms with van der Waals surface area (Å²) in [6.45, 7) is 11.4. The Kier molecular flexibility index (Phi) is 6.91. The van der Waals surface area contributed by atoms with Gasteiger partial charge in [-0.15, -0.1) is 13.2 Å². The molecule has 0 radical (unpaired) electrons. The Balaban J connectivity index is 3.26. The van der Waals surface area contributed by atoms with Gasteiger partial charge in [-0.1, -0.05) is 12.2 Å². The van der Waals surface area contributed by atoms with Gasteiger partial charge in [-0.05, 0) is 13.8 Å². The Morgan fingerprint density at radius 1 is 1.09 bits per heavy atom. The summed E-state index contributed by atoms with van der Waals surface area (Å²) in [6.07, 6.45) is 3.70. The van der Waals surface area contributed by atoms with Gasteiger partial charge in [0.05, 0.1) is 0 Å². The molecule has 0 aliphatic carbocycles. The molecule has 0 saturated heterocycles. The van der Waals surface area contributed by atoms with E-state index in [1.807, 2.05) is 26.0 Å². The standard InChI is InChI=1S/C8H14OS2/c1-5-7(3)10-9-11-8(4)6-2/h5-8H,1-2H2,3-4H3. The van der Waals surface area contributed by atoms with E-state index < -0.39 is 0 Å². The minimum atomic E-state index is 0.347. The van der Waals surface area contributed by atoms with Crippen LogP contribution in [-0.4, -0.2) is 10.5 Å². The topological polar surface area (TPSA) is 9.23 Å². The first-order valence-electron chi connectivity index (χ1n) is 3.44. The fourth-order valence-electron chi connectivity index (χ4n) is 0.225. The highest BCUT2D eigenvalue weighted by molar-refractivity contribution is 8.08. The maximum atomic E-state index is 5.23. The summed E-state index contributed by atoms with van der Waals surface area (Å²) in [4.78, 5) is 0. The van der Waals surface area contributed by atoms with Crippen molar-refractivity contribution in [3.05, 3.63) is 25.3 Å². The van der Waals surface area contributed by atoms with E-state index in [4.69, 9.17) is 3.63 Å².